The molecule has 0 radical (unpaired) electrons. The van der Waals surface area contributed by atoms with Crippen molar-refractivity contribution in [1.29, 1.82) is 0 Å². The van der Waals surface area contributed by atoms with Gasteiger partial charge in [-0.15, -0.1) is 0 Å². The number of nitrogens with two attached hydrogens (primary N) is 1. The van der Waals surface area contributed by atoms with Gasteiger partial charge >= 0.3 is 6.18 Å². The first-order chi connectivity index (χ1) is 6.18. The van der Waals surface area contributed by atoms with Crippen LogP contribution in [0.5, 0.6) is 0 Å². The van der Waals surface area contributed by atoms with Crippen molar-refractivity contribution in [2.45, 2.75) is 11.9 Å². The van der Waals surface area contributed by atoms with E-state index in [9.17, 15) is 21.6 Å². The van der Waals surface area contributed by atoms with E-state index in [2.05, 4.69) is 14.8 Å². The van der Waals surface area contributed by atoms with Gasteiger partial charge in [-0.2, -0.15) is 13.2 Å². The minimum Gasteiger partial charge on any atom is -0.351 e. The van der Waals surface area contributed by atoms with E-state index in [0.717, 1.165) is 0 Å². The van der Waals surface area contributed by atoms with E-state index in [4.69, 9.17) is 0 Å². The monoisotopic (exact) mass is 230 g/mol. The Hall–Kier alpha value is -1.09. The second kappa shape index (κ2) is 3.24. The SMILES string of the molecule is NS(=O)(=O)Cc1cc(C(F)(F)F)on1. The van der Waals surface area contributed by atoms with E-state index in [1.165, 1.54) is 0 Å². The van der Waals surface area contributed by atoms with Crippen LogP contribution in [0.1, 0.15) is 11.5 Å². The lowest BCUT2D eigenvalue weighted by Crippen LogP contribution is -2.14. The Kier molecular flexibility index (Phi) is 2.54. The average molecular weight is 230 g/mol. The van der Waals surface area contributed by atoms with Crippen LogP contribution >= 0.6 is 0 Å². The molecule has 0 unspecified atom stereocenters. The van der Waals surface area contributed by atoms with Gasteiger partial charge in [-0.05, 0) is 0 Å². The molecule has 0 spiro atoms. The number of alkyl halides is 3. The molecule has 1 rings (SSSR count). The molecule has 0 aliphatic heterocycles. The molecule has 0 amide bonds. The molecule has 0 aromatic carbocycles. The Morgan fingerprint density at radius 2 is 2.07 bits per heavy atom. The van der Waals surface area contributed by atoms with Gasteiger partial charge in [0.25, 0.3) is 0 Å². The molecule has 0 aliphatic rings. The van der Waals surface area contributed by atoms with Crippen molar-refractivity contribution < 1.29 is 26.1 Å². The first kappa shape index (κ1) is 11.0. The van der Waals surface area contributed by atoms with Gasteiger partial charge in [0.2, 0.25) is 15.8 Å². The molecule has 9 heteroatoms. The summed E-state index contributed by atoms with van der Waals surface area (Å²) < 4.78 is 60.6. The van der Waals surface area contributed by atoms with E-state index in [1.807, 2.05) is 0 Å². The van der Waals surface area contributed by atoms with Gasteiger partial charge in [-0.25, -0.2) is 13.6 Å². The lowest BCUT2D eigenvalue weighted by atomic mass is 10.4. The van der Waals surface area contributed by atoms with Crippen molar-refractivity contribution in [3.05, 3.63) is 17.5 Å². The van der Waals surface area contributed by atoms with Crippen LogP contribution in [0.25, 0.3) is 0 Å². The lowest BCUT2D eigenvalue weighted by molar-refractivity contribution is -0.155. The Balaban J connectivity index is 2.90. The molecular formula is C5H5F3N2O3S. The molecule has 0 aliphatic carbocycles. The van der Waals surface area contributed by atoms with E-state index in [0.29, 0.717) is 6.07 Å². The molecular weight excluding hydrogens is 225 g/mol. The van der Waals surface area contributed by atoms with Crippen molar-refractivity contribution in [3.8, 4) is 0 Å². The molecule has 0 saturated heterocycles. The summed E-state index contributed by atoms with van der Waals surface area (Å²) in [6, 6.07) is 0.490. The Labute approximate surface area is 76.7 Å². The molecule has 80 valence electrons. The first-order valence-corrected chi connectivity index (χ1v) is 4.93. The molecule has 0 bridgehead atoms. The zero-order valence-electron chi connectivity index (χ0n) is 6.58. The fraction of sp³-hybridized carbons (Fsp3) is 0.400. The quantitative estimate of drug-likeness (QED) is 0.800. The number of sulfonamides is 1. The third-order valence-electron chi connectivity index (χ3n) is 1.19. The number of rotatable bonds is 2. The maximum Gasteiger partial charge on any atom is 0.452 e. The van der Waals surface area contributed by atoms with Gasteiger partial charge in [-0.3, -0.25) is 0 Å². The molecule has 14 heavy (non-hydrogen) atoms. The van der Waals surface area contributed by atoms with Crippen LogP contribution in [0.3, 0.4) is 0 Å². The summed E-state index contributed by atoms with van der Waals surface area (Å²) in [5.74, 6) is -2.14. The van der Waals surface area contributed by atoms with Crippen molar-refractivity contribution in [1.82, 2.24) is 5.16 Å². The Morgan fingerprint density at radius 1 is 1.50 bits per heavy atom. The predicted molar refractivity (Wildman–Crippen MR) is 38.3 cm³/mol. The van der Waals surface area contributed by atoms with E-state index < -0.39 is 27.7 Å². The predicted octanol–water partition coefficient (Wildman–Crippen LogP) is 0.482. The van der Waals surface area contributed by atoms with E-state index in [1.54, 1.807) is 0 Å². The second-order valence-electron chi connectivity index (χ2n) is 2.49. The molecule has 1 heterocycles. The van der Waals surface area contributed by atoms with Crippen molar-refractivity contribution in [3.63, 3.8) is 0 Å². The smallest absolute Gasteiger partial charge is 0.351 e. The van der Waals surface area contributed by atoms with Crippen molar-refractivity contribution in [2.75, 3.05) is 0 Å². The summed E-state index contributed by atoms with van der Waals surface area (Å²) >= 11 is 0. The minimum absolute atomic E-state index is 0.375. The number of primary sulfonamides is 1. The van der Waals surface area contributed by atoms with Gasteiger partial charge < -0.3 is 4.52 Å². The fourth-order valence-corrected chi connectivity index (χ4v) is 1.27. The summed E-state index contributed by atoms with van der Waals surface area (Å²) in [7, 11) is -3.90. The highest BCUT2D eigenvalue weighted by atomic mass is 32.2. The number of aromatic nitrogens is 1. The number of hydrogen-bond donors (Lipinski definition) is 1. The highest BCUT2D eigenvalue weighted by molar-refractivity contribution is 7.88. The van der Waals surface area contributed by atoms with Crippen LogP contribution in [0.15, 0.2) is 10.6 Å². The van der Waals surface area contributed by atoms with Gasteiger partial charge in [0.05, 0.1) is 0 Å². The number of hydrogen-bond acceptors (Lipinski definition) is 4. The standard InChI is InChI=1S/C5H5F3N2O3S/c6-5(7,8)4-1-3(10-13-4)2-14(9,11)12/h1H,2H2,(H2,9,11,12). The maximum absolute atomic E-state index is 11.9. The van der Waals surface area contributed by atoms with Crippen LogP contribution < -0.4 is 5.14 Å². The topological polar surface area (TPSA) is 86.2 Å². The highest BCUT2D eigenvalue weighted by Gasteiger charge is 2.36. The third-order valence-corrected chi connectivity index (χ3v) is 1.89. The normalized spacial score (nSPS) is 13.1. The number of nitrogens with zero attached hydrogens (tertiary/aromatic N) is 1. The zero-order valence-corrected chi connectivity index (χ0v) is 7.39. The summed E-state index contributed by atoms with van der Waals surface area (Å²) in [6.45, 7) is 0. The van der Waals surface area contributed by atoms with Crippen LogP contribution in [0.4, 0.5) is 13.2 Å². The highest BCUT2D eigenvalue weighted by Crippen LogP contribution is 2.29. The Morgan fingerprint density at radius 3 is 2.43 bits per heavy atom. The van der Waals surface area contributed by atoms with Gasteiger partial charge in [0, 0.05) is 6.07 Å². The third kappa shape index (κ3) is 3.00. The summed E-state index contributed by atoms with van der Waals surface area (Å²) in [6.07, 6.45) is -4.68. The molecule has 0 atom stereocenters. The van der Waals surface area contributed by atoms with Crippen LogP contribution in [0.2, 0.25) is 0 Å². The largest absolute Gasteiger partial charge is 0.452 e. The molecule has 1 aromatic rings. The molecule has 2 N–H and O–H groups in total. The average Bonchev–Trinajstić information content (AvgIpc) is 2.29. The Bertz CT molecular complexity index is 422. The van der Waals surface area contributed by atoms with E-state index >= 15 is 0 Å². The fourth-order valence-electron chi connectivity index (χ4n) is 0.720. The van der Waals surface area contributed by atoms with Crippen LogP contribution in [-0.2, 0) is 22.0 Å². The maximum atomic E-state index is 11.9. The summed E-state index contributed by atoms with van der Waals surface area (Å²) in [5, 5.41) is 7.51. The van der Waals surface area contributed by atoms with Gasteiger partial charge in [0.1, 0.15) is 11.4 Å². The van der Waals surface area contributed by atoms with Crippen LogP contribution in [-0.4, -0.2) is 13.6 Å². The van der Waals surface area contributed by atoms with E-state index in [-0.39, 0.29) is 5.69 Å². The molecule has 0 saturated carbocycles. The molecule has 1 aromatic heterocycles. The molecule has 0 fully saturated rings. The van der Waals surface area contributed by atoms with Gasteiger partial charge in [0.15, 0.2) is 0 Å². The lowest BCUT2D eigenvalue weighted by Gasteiger charge is -1.97. The zero-order chi connectivity index (χ0) is 11.0. The summed E-state index contributed by atoms with van der Waals surface area (Å²) in [4.78, 5) is 0. The second-order valence-corrected chi connectivity index (χ2v) is 4.10. The first-order valence-electron chi connectivity index (χ1n) is 3.22. The summed E-state index contributed by atoms with van der Waals surface area (Å²) in [5.41, 5.74) is -0.375. The van der Waals surface area contributed by atoms with Crippen molar-refractivity contribution >= 4 is 10.0 Å². The van der Waals surface area contributed by atoms with Crippen molar-refractivity contribution in [2.24, 2.45) is 5.14 Å². The molecule has 5 nitrogen and oxygen atoms in total. The minimum atomic E-state index is -4.68. The number of halogens is 3. The van der Waals surface area contributed by atoms with Gasteiger partial charge in [-0.1, -0.05) is 5.16 Å². The van der Waals surface area contributed by atoms with Crippen LogP contribution in [0, 0.1) is 0 Å².